The van der Waals surface area contributed by atoms with E-state index < -0.39 is 0 Å². The molecule has 7 heteroatoms. The summed E-state index contributed by atoms with van der Waals surface area (Å²) in [5.74, 6) is 0.484. The molecule has 68 heavy (non-hydrogen) atoms. The van der Waals surface area contributed by atoms with E-state index in [9.17, 15) is 15.8 Å². The molecule has 3 heterocycles. The van der Waals surface area contributed by atoms with Crippen molar-refractivity contribution in [3.63, 3.8) is 0 Å². The number of hydrogen-bond acceptors (Lipinski definition) is 5. The summed E-state index contributed by atoms with van der Waals surface area (Å²) in [6.07, 6.45) is 0. The van der Waals surface area contributed by atoms with E-state index >= 15 is 0 Å². The minimum Gasteiger partial charge on any atom is -0.309 e. The van der Waals surface area contributed by atoms with Crippen LogP contribution < -0.4 is 0 Å². The molecule has 9 aromatic carbocycles. The van der Waals surface area contributed by atoms with Gasteiger partial charge in [0.05, 0.1) is 68.4 Å². The lowest BCUT2D eigenvalue weighted by Gasteiger charge is -2.12. The van der Waals surface area contributed by atoms with Crippen LogP contribution >= 0.6 is 0 Å². The largest absolute Gasteiger partial charge is 0.309 e. The predicted octanol–water partition coefficient (Wildman–Crippen LogP) is 14.6. The van der Waals surface area contributed by atoms with Gasteiger partial charge in [0.1, 0.15) is 0 Å². The maximum absolute atomic E-state index is 10.5. The van der Waals surface area contributed by atoms with Crippen molar-refractivity contribution >= 4 is 43.6 Å². The topological polar surface area (TPSA) is 107 Å². The molecule has 0 N–H and O–H groups in total. The third-order valence-corrected chi connectivity index (χ3v) is 12.9. The SMILES string of the molecule is N#Cc1ccc(-c2cc(-c3ccc(-c4ccc(-c5ccc(-n6c7ccccc7c7cc(-n8c9ccccc9c9ccccc98)ccc76)cc5)cc4)c(C#N)c3)nc(-c3ccc(C#N)cc3)n2)cc1. The summed E-state index contributed by atoms with van der Waals surface area (Å²) in [5, 5.41) is 34.1. The molecule has 0 aliphatic rings. The summed E-state index contributed by atoms with van der Waals surface area (Å²) >= 11 is 0. The zero-order chi connectivity index (χ0) is 45.7. The van der Waals surface area contributed by atoms with E-state index in [-0.39, 0.29) is 0 Å². The maximum atomic E-state index is 10.5. The highest BCUT2D eigenvalue weighted by molar-refractivity contribution is 6.12. The number of aromatic nitrogens is 4. The minimum absolute atomic E-state index is 0.484. The maximum Gasteiger partial charge on any atom is 0.160 e. The molecule has 0 fully saturated rings. The van der Waals surface area contributed by atoms with Gasteiger partial charge in [-0.3, -0.25) is 0 Å². The molecular weight excluding hydrogens is 831 g/mol. The van der Waals surface area contributed by atoms with Crippen molar-refractivity contribution in [2.24, 2.45) is 0 Å². The highest BCUT2D eigenvalue weighted by Crippen LogP contribution is 2.38. The Balaban J connectivity index is 0.853. The molecule has 7 nitrogen and oxygen atoms in total. The van der Waals surface area contributed by atoms with Crippen molar-refractivity contribution in [1.29, 1.82) is 15.8 Å². The first kappa shape index (κ1) is 39.7. The van der Waals surface area contributed by atoms with E-state index in [0.29, 0.717) is 33.9 Å². The standard InChI is InChI=1S/C61H35N7/c62-36-39-13-17-44(18-14-39)55-35-56(66-61(65-55)45-19-15-40(37-63)16-20-45)46-27-31-50(47(33-46)38-64)43-23-21-41(22-24-43)42-25-28-48(29-26-42)67-59-12-6-3-9-53(59)54-34-49(30-32-60(54)67)68-57-10-4-1-7-51(57)52-8-2-5-11-58(52)68/h1-35H. The van der Waals surface area contributed by atoms with Crippen LogP contribution in [0, 0.1) is 34.0 Å². The van der Waals surface area contributed by atoms with Crippen molar-refractivity contribution in [2.75, 3.05) is 0 Å². The van der Waals surface area contributed by atoms with Gasteiger partial charge in [0, 0.05) is 49.6 Å². The fraction of sp³-hybridized carbons (Fsp3) is 0. The van der Waals surface area contributed by atoms with Crippen molar-refractivity contribution in [2.45, 2.75) is 0 Å². The van der Waals surface area contributed by atoms with E-state index in [2.05, 4.69) is 167 Å². The zero-order valence-electron chi connectivity index (χ0n) is 36.3. The molecule has 314 valence electrons. The normalized spacial score (nSPS) is 11.2. The molecule has 0 saturated carbocycles. The number of benzene rings is 9. The smallest absolute Gasteiger partial charge is 0.160 e. The number of rotatable bonds is 7. The Labute approximate surface area is 391 Å². The van der Waals surface area contributed by atoms with Gasteiger partial charge in [-0.05, 0) is 119 Å². The van der Waals surface area contributed by atoms with Crippen LogP contribution in [-0.2, 0) is 0 Å². The van der Waals surface area contributed by atoms with Crippen LogP contribution in [0.15, 0.2) is 212 Å². The lowest BCUT2D eigenvalue weighted by molar-refractivity contribution is 1.17. The lowest BCUT2D eigenvalue weighted by atomic mass is 9.95. The second kappa shape index (κ2) is 16.3. The van der Waals surface area contributed by atoms with Gasteiger partial charge in [0.25, 0.3) is 0 Å². The first-order valence-corrected chi connectivity index (χ1v) is 22.2. The second-order valence-corrected chi connectivity index (χ2v) is 16.8. The lowest BCUT2D eigenvalue weighted by Crippen LogP contribution is -1.97. The number of para-hydroxylation sites is 3. The molecule has 0 radical (unpaired) electrons. The summed E-state index contributed by atoms with van der Waals surface area (Å²) in [4.78, 5) is 9.81. The van der Waals surface area contributed by atoms with Crippen molar-refractivity contribution in [1.82, 2.24) is 19.1 Å². The van der Waals surface area contributed by atoms with E-state index in [1.54, 1.807) is 24.3 Å². The van der Waals surface area contributed by atoms with Gasteiger partial charge in [-0.1, -0.05) is 115 Å². The quantitative estimate of drug-likeness (QED) is 0.159. The molecule has 0 spiro atoms. The van der Waals surface area contributed by atoms with Crippen LogP contribution in [0.1, 0.15) is 16.7 Å². The van der Waals surface area contributed by atoms with Crippen molar-refractivity contribution in [3.8, 4) is 85.7 Å². The van der Waals surface area contributed by atoms with Crippen LogP contribution in [0.3, 0.4) is 0 Å². The Morgan fingerprint density at radius 2 is 0.765 bits per heavy atom. The molecule has 0 aliphatic heterocycles. The van der Waals surface area contributed by atoms with E-state index in [0.717, 1.165) is 61.4 Å². The number of nitriles is 3. The first-order valence-electron chi connectivity index (χ1n) is 22.2. The molecule has 0 bridgehead atoms. The predicted molar refractivity (Wildman–Crippen MR) is 272 cm³/mol. The summed E-state index contributed by atoms with van der Waals surface area (Å²) in [7, 11) is 0. The van der Waals surface area contributed by atoms with Crippen LogP contribution in [-0.4, -0.2) is 19.1 Å². The molecule has 0 aliphatic carbocycles. The highest BCUT2D eigenvalue weighted by atomic mass is 15.0. The summed E-state index contributed by atoms with van der Waals surface area (Å²) < 4.78 is 4.72. The Morgan fingerprint density at radius 3 is 1.34 bits per heavy atom. The van der Waals surface area contributed by atoms with Gasteiger partial charge < -0.3 is 9.13 Å². The van der Waals surface area contributed by atoms with E-state index in [4.69, 9.17) is 9.97 Å². The Kier molecular flexibility index (Phi) is 9.51. The fourth-order valence-electron chi connectivity index (χ4n) is 9.55. The van der Waals surface area contributed by atoms with Crippen molar-refractivity contribution in [3.05, 3.63) is 229 Å². The third kappa shape index (κ3) is 6.74. The average Bonchev–Trinajstić information content (AvgIpc) is 3.93. The van der Waals surface area contributed by atoms with Gasteiger partial charge in [0.15, 0.2) is 5.82 Å². The van der Waals surface area contributed by atoms with Crippen molar-refractivity contribution < 1.29 is 0 Å². The van der Waals surface area contributed by atoms with Crippen LogP contribution in [0.25, 0.3) is 111 Å². The fourth-order valence-corrected chi connectivity index (χ4v) is 9.55. The summed E-state index contributed by atoms with van der Waals surface area (Å²) in [5.41, 5.74) is 16.1. The molecule has 0 saturated heterocycles. The monoisotopic (exact) mass is 865 g/mol. The molecule has 12 aromatic rings. The van der Waals surface area contributed by atoms with Gasteiger partial charge >= 0.3 is 0 Å². The number of nitrogens with zero attached hydrogens (tertiary/aromatic N) is 7. The van der Waals surface area contributed by atoms with Gasteiger partial charge in [-0.2, -0.15) is 15.8 Å². The highest BCUT2D eigenvalue weighted by Gasteiger charge is 2.18. The van der Waals surface area contributed by atoms with Crippen LogP contribution in [0.5, 0.6) is 0 Å². The molecule has 12 rings (SSSR count). The Bertz CT molecular complexity index is 3950. The Hall–Kier alpha value is -9.87. The molecular formula is C61H35N7. The third-order valence-electron chi connectivity index (χ3n) is 12.9. The average molecular weight is 866 g/mol. The molecule has 0 atom stereocenters. The zero-order valence-corrected chi connectivity index (χ0v) is 36.3. The number of hydrogen-bond donors (Lipinski definition) is 0. The summed E-state index contributed by atoms with van der Waals surface area (Å²) in [6.45, 7) is 0. The summed E-state index contributed by atoms with van der Waals surface area (Å²) in [6, 6.07) is 78.6. The molecule has 0 amide bonds. The minimum atomic E-state index is 0.484. The van der Waals surface area contributed by atoms with Gasteiger partial charge in [-0.25, -0.2) is 9.97 Å². The van der Waals surface area contributed by atoms with Crippen LogP contribution in [0.2, 0.25) is 0 Å². The molecule has 0 unspecified atom stereocenters. The Morgan fingerprint density at radius 1 is 0.324 bits per heavy atom. The number of fused-ring (bicyclic) bond motifs is 6. The van der Waals surface area contributed by atoms with Gasteiger partial charge in [-0.15, -0.1) is 0 Å². The van der Waals surface area contributed by atoms with E-state index in [1.165, 1.54) is 32.6 Å². The second-order valence-electron chi connectivity index (χ2n) is 16.8. The van der Waals surface area contributed by atoms with Crippen LogP contribution in [0.4, 0.5) is 0 Å². The first-order chi connectivity index (χ1) is 33.5. The van der Waals surface area contributed by atoms with E-state index in [1.807, 2.05) is 48.5 Å². The molecule has 3 aromatic heterocycles. The van der Waals surface area contributed by atoms with Gasteiger partial charge in [0.2, 0.25) is 0 Å².